The SMILES string of the molecule is CC[N-]S(=O)(=O)c1ccc(NC(=O)Cc2ccc(Br)c(Oc3cc(Cl)cc(C#N)c3)c2F)c(Cl)c1.[Na+]. The molecule has 1 N–H and O–H groups in total. The summed E-state index contributed by atoms with van der Waals surface area (Å²) in [6, 6.07) is 12.9. The maximum Gasteiger partial charge on any atom is 1.00 e. The summed E-state index contributed by atoms with van der Waals surface area (Å²) in [4.78, 5) is 12.5. The van der Waals surface area contributed by atoms with Gasteiger partial charge in [0.05, 0.1) is 33.2 Å². The second-order valence-corrected chi connectivity index (χ2v) is 10.4. The molecule has 0 aliphatic rings. The number of nitrogens with zero attached hydrogens (tertiary/aromatic N) is 2. The van der Waals surface area contributed by atoms with Crippen LogP contribution in [0.25, 0.3) is 4.72 Å². The van der Waals surface area contributed by atoms with Crippen LogP contribution in [-0.4, -0.2) is 20.9 Å². The van der Waals surface area contributed by atoms with E-state index in [0.717, 1.165) is 0 Å². The third kappa shape index (κ3) is 7.66. The molecule has 0 radical (unpaired) electrons. The van der Waals surface area contributed by atoms with Crippen LogP contribution in [0.2, 0.25) is 10.0 Å². The molecule has 0 fully saturated rings. The Kier molecular flexibility index (Phi) is 11.2. The van der Waals surface area contributed by atoms with Crippen molar-refractivity contribution in [2.24, 2.45) is 0 Å². The standard InChI is InChI=1S/C23H16BrCl2FN3O4S.Na/c1-2-29-35(32,33)17-4-6-20(19(26)11-17)30-21(31)9-14-3-5-18(24)23(22(14)27)34-16-8-13(12-28)7-15(25)10-16;/h3-8,10-11H,2,9H2,1H3,(H,30,31);/q-1;+1. The summed E-state index contributed by atoms with van der Waals surface area (Å²) >= 11 is 15.3. The number of hydrogen-bond acceptors (Lipinski definition) is 5. The molecule has 0 saturated carbocycles. The van der Waals surface area contributed by atoms with Gasteiger partial charge in [-0.2, -0.15) is 5.26 Å². The zero-order chi connectivity index (χ0) is 25.8. The summed E-state index contributed by atoms with van der Waals surface area (Å²) in [6.45, 7) is 1.67. The summed E-state index contributed by atoms with van der Waals surface area (Å²) in [7, 11) is -3.84. The summed E-state index contributed by atoms with van der Waals surface area (Å²) in [5, 5.41) is 11.8. The molecule has 182 valence electrons. The molecule has 3 rings (SSSR count). The second-order valence-electron chi connectivity index (χ2n) is 7.03. The first-order valence-corrected chi connectivity index (χ1v) is 12.9. The van der Waals surface area contributed by atoms with Crippen molar-refractivity contribution >= 4 is 60.7 Å². The molecule has 0 bridgehead atoms. The zero-order valence-corrected chi connectivity index (χ0v) is 24.9. The number of benzene rings is 3. The van der Waals surface area contributed by atoms with Gasteiger partial charge in [-0.3, -0.25) is 4.79 Å². The maximum atomic E-state index is 15.2. The van der Waals surface area contributed by atoms with Gasteiger partial charge in [0.1, 0.15) is 15.8 Å². The Morgan fingerprint density at radius 2 is 1.92 bits per heavy atom. The Hall–Kier alpha value is -1.68. The van der Waals surface area contributed by atoms with Crippen LogP contribution >= 0.6 is 39.1 Å². The molecule has 1 amide bonds. The van der Waals surface area contributed by atoms with Gasteiger partial charge in [-0.25, -0.2) is 12.8 Å². The quantitative estimate of drug-likeness (QED) is 0.384. The van der Waals surface area contributed by atoms with Crippen molar-refractivity contribution in [3.63, 3.8) is 0 Å². The Balaban J connectivity index is 0.00000456. The monoisotopic (exact) mass is 621 g/mol. The number of sulfonamides is 1. The van der Waals surface area contributed by atoms with Crippen LogP contribution in [0.3, 0.4) is 0 Å². The molecule has 0 unspecified atom stereocenters. The molecule has 0 heterocycles. The molecular formula is C23H16BrCl2FN3NaO4S. The number of hydrogen-bond donors (Lipinski definition) is 1. The van der Waals surface area contributed by atoms with Crippen LogP contribution < -0.4 is 39.6 Å². The van der Waals surface area contributed by atoms with E-state index in [1.807, 2.05) is 6.07 Å². The van der Waals surface area contributed by atoms with E-state index < -0.39 is 21.7 Å². The van der Waals surface area contributed by atoms with Crippen LogP contribution in [0.15, 0.2) is 57.9 Å². The number of nitrogens with one attached hydrogen (secondary N) is 1. The van der Waals surface area contributed by atoms with Gasteiger partial charge < -0.3 is 14.8 Å². The summed E-state index contributed by atoms with van der Waals surface area (Å²) in [5.74, 6) is -1.43. The normalized spacial score (nSPS) is 10.8. The first kappa shape index (κ1) is 30.5. The average Bonchev–Trinajstić information content (AvgIpc) is 2.79. The van der Waals surface area contributed by atoms with E-state index in [4.69, 9.17) is 33.2 Å². The number of nitriles is 1. The van der Waals surface area contributed by atoms with Crippen LogP contribution in [0.1, 0.15) is 18.1 Å². The molecule has 3 aromatic rings. The van der Waals surface area contributed by atoms with E-state index in [1.54, 1.807) is 6.92 Å². The van der Waals surface area contributed by atoms with E-state index in [1.165, 1.54) is 48.5 Å². The van der Waals surface area contributed by atoms with Gasteiger partial charge in [0.15, 0.2) is 11.6 Å². The predicted octanol–water partition coefficient (Wildman–Crippen LogP) is 3.83. The molecule has 3 aromatic carbocycles. The molecule has 0 aromatic heterocycles. The number of halogens is 4. The van der Waals surface area contributed by atoms with Gasteiger partial charge in [-0.1, -0.05) is 36.2 Å². The van der Waals surface area contributed by atoms with Crippen molar-refractivity contribution < 1.29 is 51.9 Å². The minimum absolute atomic E-state index is 0. The molecule has 36 heavy (non-hydrogen) atoms. The molecule has 0 spiro atoms. The Bertz CT molecular complexity index is 1450. The summed E-state index contributed by atoms with van der Waals surface area (Å²) < 4.78 is 48.7. The van der Waals surface area contributed by atoms with Crippen LogP contribution in [-0.2, 0) is 21.2 Å². The van der Waals surface area contributed by atoms with Crippen LogP contribution in [0, 0.1) is 17.1 Å². The number of ether oxygens (including phenoxy) is 1. The minimum atomic E-state index is -3.84. The fourth-order valence-corrected chi connectivity index (χ4v) is 4.88. The topological polar surface area (TPSA) is 110 Å². The first-order chi connectivity index (χ1) is 16.5. The molecule has 0 aliphatic heterocycles. The molecule has 0 saturated heterocycles. The van der Waals surface area contributed by atoms with Gasteiger partial charge in [0.25, 0.3) is 0 Å². The van der Waals surface area contributed by atoms with Crippen molar-refractivity contribution in [1.29, 1.82) is 5.26 Å². The van der Waals surface area contributed by atoms with Crippen molar-refractivity contribution in [1.82, 2.24) is 0 Å². The maximum absolute atomic E-state index is 15.2. The predicted molar refractivity (Wildman–Crippen MR) is 135 cm³/mol. The van der Waals surface area contributed by atoms with Crippen molar-refractivity contribution in [2.45, 2.75) is 18.2 Å². The number of amides is 1. The summed E-state index contributed by atoms with van der Waals surface area (Å²) in [6.07, 6.45) is -0.365. The number of anilines is 1. The van der Waals surface area contributed by atoms with E-state index in [-0.39, 0.29) is 90.2 Å². The summed E-state index contributed by atoms with van der Waals surface area (Å²) in [5.41, 5.74) is 0.419. The fraction of sp³-hybridized carbons (Fsp3) is 0.130. The number of carbonyl (C=O) groups is 1. The fourth-order valence-electron chi connectivity index (χ4n) is 2.98. The Morgan fingerprint density at radius 1 is 1.19 bits per heavy atom. The Morgan fingerprint density at radius 3 is 2.56 bits per heavy atom. The van der Waals surface area contributed by atoms with E-state index in [2.05, 4.69) is 26.0 Å². The smallest absolute Gasteiger partial charge is 0.545 e. The van der Waals surface area contributed by atoms with Gasteiger partial charge in [0.2, 0.25) is 5.91 Å². The van der Waals surface area contributed by atoms with Gasteiger partial charge in [-0.05, 0) is 58.4 Å². The van der Waals surface area contributed by atoms with E-state index in [0.29, 0.717) is 0 Å². The minimum Gasteiger partial charge on any atom is -0.545 e. The van der Waals surface area contributed by atoms with E-state index >= 15 is 4.39 Å². The third-order valence-electron chi connectivity index (χ3n) is 4.51. The van der Waals surface area contributed by atoms with Crippen LogP contribution in [0.5, 0.6) is 11.5 Å². The van der Waals surface area contributed by atoms with E-state index in [9.17, 15) is 13.2 Å². The molecule has 13 heteroatoms. The first-order valence-electron chi connectivity index (χ1n) is 9.92. The largest absolute Gasteiger partial charge is 1.00 e. The number of carbonyl (C=O) groups excluding carboxylic acids is 1. The van der Waals surface area contributed by atoms with Crippen molar-refractivity contribution in [3.05, 3.63) is 84.7 Å². The van der Waals surface area contributed by atoms with Crippen molar-refractivity contribution in [3.8, 4) is 17.6 Å². The molecule has 0 aliphatic carbocycles. The van der Waals surface area contributed by atoms with Gasteiger partial charge in [0, 0.05) is 15.5 Å². The Labute approximate surface area is 248 Å². The van der Waals surface area contributed by atoms with Gasteiger partial charge in [-0.15, -0.1) is 6.54 Å². The average molecular weight is 623 g/mol. The van der Waals surface area contributed by atoms with Crippen molar-refractivity contribution in [2.75, 3.05) is 11.9 Å². The molecule has 7 nitrogen and oxygen atoms in total. The number of rotatable bonds is 8. The van der Waals surface area contributed by atoms with Gasteiger partial charge >= 0.3 is 29.6 Å². The zero-order valence-electron chi connectivity index (χ0n) is 19.0. The molecular weight excluding hydrogens is 607 g/mol. The van der Waals surface area contributed by atoms with Crippen LogP contribution in [0.4, 0.5) is 10.1 Å². The third-order valence-corrected chi connectivity index (χ3v) is 7.12. The molecule has 0 atom stereocenters. The second kappa shape index (κ2) is 13.2.